The lowest BCUT2D eigenvalue weighted by Gasteiger charge is -2.11. The molecule has 0 N–H and O–H groups in total. The van der Waals surface area contributed by atoms with Crippen molar-refractivity contribution >= 4 is 49.0 Å². The van der Waals surface area contributed by atoms with Crippen LogP contribution in [0.15, 0.2) is 79.5 Å². The first kappa shape index (κ1) is 22.4. The SMILES string of the molecule is CCc1nc2ccc(Br)cc2c(=O)n1N=Cc1cc(Br)ccc1OCc1ccc(C)cc1. The molecule has 0 aliphatic heterocycles. The molecule has 162 valence electrons. The number of aryl methyl sites for hydroxylation is 2. The number of benzene rings is 3. The lowest BCUT2D eigenvalue weighted by Crippen LogP contribution is -2.22. The van der Waals surface area contributed by atoms with Gasteiger partial charge in [-0.3, -0.25) is 4.79 Å². The van der Waals surface area contributed by atoms with Gasteiger partial charge in [0.05, 0.1) is 17.1 Å². The molecular weight excluding hydrogens is 534 g/mol. The largest absolute Gasteiger partial charge is 0.488 e. The van der Waals surface area contributed by atoms with Crippen LogP contribution in [-0.2, 0) is 13.0 Å². The average Bonchev–Trinajstić information content (AvgIpc) is 2.79. The van der Waals surface area contributed by atoms with Gasteiger partial charge < -0.3 is 4.74 Å². The van der Waals surface area contributed by atoms with E-state index in [1.165, 1.54) is 10.2 Å². The summed E-state index contributed by atoms with van der Waals surface area (Å²) >= 11 is 6.93. The van der Waals surface area contributed by atoms with Gasteiger partial charge in [0.2, 0.25) is 0 Å². The fourth-order valence-corrected chi connectivity index (χ4v) is 4.00. The molecule has 3 aromatic carbocycles. The Morgan fingerprint density at radius 1 is 1.03 bits per heavy atom. The second-order valence-corrected chi connectivity index (χ2v) is 9.19. The first-order valence-electron chi connectivity index (χ1n) is 10.2. The van der Waals surface area contributed by atoms with E-state index in [-0.39, 0.29) is 5.56 Å². The van der Waals surface area contributed by atoms with Crippen LogP contribution in [0.25, 0.3) is 10.9 Å². The molecule has 7 heteroatoms. The minimum atomic E-state index is -0.207. The lowest BCUT2D eigenvalue weighted by molar-refractivity contribution is 0.305. The lowest BCUT2D eigenvalue weighted by atomic mass is 10.1. The van der Waals surface area contributed by atoms with E-state index < -0.39 is 0 Å². The maximum Gasteiger partial charge on any atom is 0.282 e. The number of rotatable bonds is 6. The molecular formula is C25H21Br2N3O2. The molecule has 0 radical (unpaired) electrons. The Bertz CT molecular complexity index is 1360. The number of nitrogens with zero attached hydrogens (tertiary/aromatic N) is 3. The molecule has 0 saturated heterocycles. The molecule has 32 heavy (non-hydrogen) atoms. The smallest absolute Gasteiger partial charge is 0.282 e. The molecule has 0 aliphatic rings. The maximum atomic E-state index is 13.1. The van der Waals surface area contributed by atoms with Gasteiger partial charge in [-0.25, -0.2) is 4.98 Å². The highest BCUT2D eigenvalue weighted by molar-refractivity contribution is 9.10. The van der Waals surface area contributed by atoms with E-state index in [0.29, 0.717) is 35.5 Å². The van der Waals surface area contributed by atoms with Crippen molar-refractivity contribution in [3.63, 3.8) is 0 Å². The summed E-state index contributed by atoms with van der Waals surface area (Å²) < 4.78 is 9.13. The van der Waals surface area contributed by atoms with Gasteiger partial charge in [0, 0.05) is 20.9 Å². The number of aromatic nitrogens is 2. The molecule has 0 amide bonds. The van der Waals surface area contributed by atoms with Crippen LogP contribution in [-0.4, -0.2) is 15.9 Å². The van der Waals surface area contributed by atoms with Crippen molar-refractivity contribution < 1.29 is 4.74 Å². The van der Waals surface area contributed by atoms with Crippen LogP contribution >= 0.6 is 31.9 Å². The van der Waals surface area contributed by atoms with E-state index in [1.54, 1.807) is 12.3 Å². The fourth-order valence-electron chi connectivity index (χ4n) is 3.26. The molecule has 0 fully saturated rings. The third-order valence-electron chi connectivity index (χ3n) is 4.99. The highest BCUT2D eigenvalue weighted by Gasteiger charge is 2.10. The second-order valence-electron chi connectivity index (χ2n) is 7.36. The molecule has 0 aliphatic carbocycles. The zero-order chi connectivity index (χ0) is 22.7. The topological polar surface area (TPSA) is 56.5 Å². The molecule has 0 bridgehead atoms. The number of fused-ring (bicyclic) bond motifs is 1. The Kier molecular flexibility index (Phi) is 6.86. The summed E-state index contributed by atoms with van der Waals surface area (Å²) in [4.78, 5) is 17.7. The Morgan fingerprint density at radius 2 is 1.75 bits per heavy atom. The van der Waals surface area contributed by atoms with Gasteiger partial charge in [0.1, 0.15) is 18.2 Å². The quantitative estimate of drug-likeness (QED) is 0.264. The molecule has 0 saturated carbocycles. The summed E-state index contributed by atoms with van der Waals surface area (Å²) in [5.74, 6) is 1.28. The second kappa shape index (κ2) is 9.79. The highest BCUT2D eigenvalue weighted by atomic mass is 79.9. The average molecular weight is 555 g/mol. The molecule has 4 rings (SSSR count). The van der Waals surface area contributed by atoms with Crippen molar-refractivity contribution in [2.75, 3.05) is 0 Å². The normalized spacial score (nSPS) is 11.4. The molecule has 4 aromatic rings. The molecule has 0 unspecified atom stereocenters. The van der Waals surface area contributed by atoms with Crippen molar-refractivity contribution in [3.05, 3.63) is 102 Å². The van der Waals surface area contributed by atoms with Gasteiger partial charge in [0.15, 0.2) is 0 Å². The van der Waals surface area contributed by atoms with E-state index in [4.69, 9.17) is 4.74 Å². The van der Waals surface area contributed by atoms with Crippen LogP contribution in [0.3, 0.4) is 0 Å². The zero-order valence-electron chi connectivity index (χ0n) is 17.7. The van der Waals surface area contributed by atoms with E-state index in [0.717, 1.165) is 20.1 Å². The van der Waals surface area contributed by atoms with Crippen LogP contribution in [0.2, 0.25) is 0 Å². The van der Waals surface area contributed by atoms with Gasteiger partial charge in [-0.15, -0.1) is 0 Å². The van der Waals surface area contributed by atoms with Crippen molar-refractivity contribution in [3.8, 4) is 5.75 Å². The zero-order valence-corrected chi connectivity index (χ0v) is 20.9. The summed E-state index contributed by atoms with van der Waals surface area (Å²) in [6.45, 7) is 4.45. The third kappa shape index (κ3) is 5.00. The van der Waals surface area contributed by atoms with Gasteiger partial charge in [-0.05, 0) is 48.9 Å². The van der Waals surface area contributed by atoms with Crippen molar-refractivity contribution in [1.82, 2.24) is 9.66 Å². The van der Waals surface area contributed by atoms with E-state index in [1.807, 2.05) is 49.4 Å². The molecule has 1 heterocycles. The van der Waals surface area contributed by atoms with E-state index in [2.05, 4.69) is 61.0 Å². The predicted octanol–water partition coefficient (Wildman–Crippen LogP) is 6.25. The molecule has 0 spiro atoms. The van der Waals surface area contributed by atoms with Gasteiger partial charge in [-0.1, -0.05) is 68.6 Å². The number of ether oxygens (including phenoxy) is 1. The third-order valence-corrected chi connectivity index (χ3v) is 5.98. The van der Waals surface area contributed by atoms with Crippen molar-refractivity contribution in [1.29, 1.82) is 0 Å². The molecule has 0 atom stereocenters. The summed E-state index contributed by atoms with van der Waals surface area (Å²) in [7, 11) is 0. The Labute approximate surface area is 203 Å². The monoisotopic (exact) mass is 553 g/mol. The van der Waals surface area contributed by atoms with E-state index >= 15 is 0 Å². The predicted molar refractivity (Wildman–Crippen MR) is 136 cm³/mol. The standard InChI is InChI=1S/C25H21Br2N3O2/c1-3-24-29-22-10-8-20(27)13-21(22)25(31)30(24)28-14-18-12-19(26)9-11-23(18)32-15-17-6-4-16(2)5-7-17/h4-14H,3,15H2,1-2H3. The van der Waals surface area contributed by atoms with E-state index in [9.17, 15) is 4.79 Å². The molecule has 5 nitrogen and oxygen atoms in total. The van der Waals surface area contributed by atoms with Crippen LogP contribution in [0.4, 0.5) is 0 Å². The van der Waals surface area contributed by atoms with Crippen LogP contribution in [0.1, 0.15) is 29.4 Å². The number of hydrogen-bond donors (Lipinski definition) is 0. The van der Waals surface area contributed by atoms with Gasteiger partial charge in [-0.2, -0.15) is 9.78 Å². The summed E-state index contributed by atoms with van der Waals surface area (Å²) in [6, 6.07) is 19.4. The van der Waals surface area contributed by atoms with Gasteiger partial charge >= 0.3 is 0 Å². The Morgan fingerprint density at radius 3 is 2.50 bits per heavy atom. The van der Waals surface area contributed by atoms with Crippen LogP contribution < -0.4 is 10.3 Å². The molecule has 1 aromatic heterocycles. The minimum Gasteiger partial charge on any atom is -0.488 e. The first-order valence-corrected chi connectivity index (χ1v) is 11.8. The summed E-state index contributed by atoms with van der Waals surface area (Å²) in [6.07, 6.45) is 2.22. The highest BCUT2D eigenvalue weighted by Crippen LogP contribution is 2.23. The fraction of sp³-hybridized carbons (Fsp3) is 0.160. The summed E-state index contributed by atoms with van der Waals surface area (Å²) in [5, 5.41) is 5.01. The van der Waals surface area contributed by atoms with Crippen LogP contribution in [0.5, 0.6) is 5.75 Å². The summed E-state index contributed by atoms with van der Waals surface area (Å²) in [5.41, 5.74) is 3.50. The van der Waals surface area contributed by atoms with Crippen LogP contribution in [0, 0.1) is 6.92 Å². The first-order chi connectivity index (χ1) is 15.4. The maximum absolute atomic E-state index is 13.1. The Balaban J connectivity index is 1.69. The minimum absolute atomic E-state index is 0.207. The Hall–Kier alpha value is -2.77. The van der Waals surface area contributed by atoms with Crippen molar-refractivity contribution in [2.45, 2.75) is 26.9 Å². The number of halogens is 2. The van der Waals surface area contributed by atoms with Gasteiger partial charge in [0.25, 0.3) is 5.56 Å². The number of hydrogen-bond acceptors (Lipinski definition) is 4. The van der Waals surface area contributed by atoms with Crippen molar-refractivity contribution in [2.24, 2.45) is 5.10 Å².